The Balaban J connectivity index is 1.50. The monoisotopic (exact) mass is 407 g/mol. The molecule has 11 heteroatoms. The molecular formula is C18H23F2N7O2. The fourth-order valence-corrected chi connectivity index (χ4v) is 3.89. The number of nitrogens with zero attached hydrogens (tertiary/aromatic N) is 7. The van der Waals surface area contributed by atoms with E-state index >= 15 is 0 Å². The zero-order chi connectivity index (χ0) is 20.8. The molecule has 1 atom stereocenters. The van der Waals surface area contributed by atoms with Crippen LogP contribution in [-0.2, 0) is 13.6 Å². The lowest BCUT2D eigenvalue weighted by molar-refractivity contribution is 0.0116. The van der Waals surface area contributed by atoms with Crippen LogP contribution in [0.3, 0.4) is 0 Å². The second-order valence-electron chi connectivity index (χ2n) is 7.77. The van der Waals surface area contributed by atoms with Crippen LogP contribution < -0.4 is 0 Å². The van der Waals surface area contributed by atoms with Gasteiger partial charge in [-0.2, -0.15) is 5.10 Å². The van der Waals surface area contributed by atoms with Crippen LogP contribution in [0.4, 0.5) is 8.78 Å². The van der Waals surface area contributed by atoms with Crippen LogP contribution in [0.5, 0.6) is 0 Å². The first-order valence-corrected chi connectivity index (χ1v) is 9.62. The lowest BCUT2D eigenvalue weighted by Gasteiger charge is -2.22. The number of likely N-dealkylation sites (tertiary alicyclic amines) is 2. The Morgan fingerprint density at radius 1 is 1.21 bits per heavy atom. The molecule has 2 aliphatic rings. The van der Waals surface area contributed by atoms with Gasteiger partial charge in [0.2, 0.25) is 0 Å². The topological polar surface area (TPSA) is 89.2 Å². The molecule has 2 fully saturated rings. The predicted molar refractivity (Wildman–Crippen MR) is 97.5 cm³/mol. The van der Waals surface area contributed by atoms with Crippen molar-refractivity contribution in [3.63, 3.8) is 0 Å². The van der Waals surface area contributed by atoms with E-state index in [4.69, 9.17) is 0 Å². The molecule has 0 aliphatic carbocycles. The van der Waals surface area contributed by atoms with Crippen LogP contribution in [0.15, 0.2) is 12.3 Å². The quantitative estimate of drug-likeness (QED) is 0.758. The summed E-state index contributed by atoms with van der Waals surface area (Å²) in [4.78, 5) is 28.1. The Hall–Kier alpha value is -2.85. The van der Waals surface area contributed by atoms with E-state index in [0.717, 1.165) is 23.4 Å². The fraction of sp³-hybridized carbons (Fsp3) is 0.611. The second-order valence-corrected chi connectivity index (χ2v) is 7.77. The molecule has 0 radical (unpaired) electrons. The van der Waals surface area contributed by atoms with Crippen LogP contribution in [-0.4, -0.2) is 78.0 Å². The number of hydrogen-bond donors (Lipinski definition) is 0. The summed E-state index contributed by atoms with van der Waals surface area (Å²) in [6.07, 6.45) is 2.91. The smallest absolute Gasteiger partial charge is 0.276 e. The van der Waals surface area contributed by atoms with Gasteiger partial charge in [-0.1, -0.05) is 5.21 Å². The maximum absolute atomic E-state index is 14.1. The average molecular weight is 407 g/mol. The minimum absolute atomic E-state index is 0.0351. The predicted octanol–water partition coefficient (Wildman–Crippen LogP) is 1.11. The molecular weight excluding hydrogens is 384 g/mol. The molecule has 2 aliphatic heterocycles. The molecule has 0 aromatic carbocycles. The van der Waals surface area contributed by atoms with E-state index in [2.05, 4.69) is 15.4 Å². The van der Waals surface area contributed by atoms with Crippen molar-refractivity contribution < 1.29 is 18.4 Å². The first-order chi connectivity index (χ1) is 13.7. The summed E-state index contributed by atoms with van der Waals surface area (Å²) >= 11 is 0. The third-order valence-corrected chi connectivity index (χ3v) is 5.52. The molecule has 156 valence electrons. The minimum atomic E-state index is -2.99. The Morgan fingerprint density at radius 3 is 2.59 bits per heavy atom. The van der Waals surface area contributed by atoms with Gasteiger partial charge in [0.1, 0.15) is 0 Å². The molecule has 4 heterocycles. The lowest BCUT2D eigenvalue weighted by atomic mass is 10.2. The zero-order valence-electron chi connectivity index (χ0n) is 16.4. The minimum Gasteiger partial charge on any atom is -0.337 e. The van der Waals surface area contributed by atoms with Gasteiger partial charge in [-0.3, -0.25) is 14.3 Å². The van der Waals surface area contributed by atoms with Crippen molar-refractivity contribution >= 4 is 11.8 Å². The van der Waals surface area contributed by atoms with Gasteiger partial charge in [-0.25, -0.2) is 13.5 Å². The van der Waals surface area contributed by atoms with Crippen molar-refractivity contribution in [3.8, 4) is 0 Å². The first-order valence-electron chi connectivity index (χ1n) is 9.62. The average Bonchev–Trinajstić information content (AvgIpc) is 3.43. The number of alkyl halides is 2. The van der Waals surface area contributed by atoms with E-state index in [-0.39, 0.29) is 23.8 Å². The highest BCUT2D eigenvalue weighted by molar-refractivity contribution is 5.93. The fourth-order valence-electron chi connectivity index (χ4n) is 3.89. The van der Waals surface area contributed by atoms with Crippen LogP contribution in [0.25, 0.3) is 0 Å². The molecule has 2 saturated heterocycles. The zero-order valence-corrected chi connectivity index (χ0v) is 16.4. The summed E-state index contributed by atoms with van der Waals surface area (Å²) in [5.41, 5.74) is 1.09. The molecule has 29 heavy (non-hydrogen) atoms. The van der Waals surface area contributed by atoms with Gasteiger partial charge in [-0.05, 0) is 25.8 Å². The standard InChI is InChI=1S/C18H23F2N7O2/c1-12-7-14(22-24(12)2)17(29)27-11-18(19,20)8-13(27)9-26-10-15(21-23-26)16(28)25-5-3-4-6-25/h7,10,13H,3-6,8-9,11H2,1-2H3/t13-/m0/s1. The SMILES string of the molecule is Cc1cc(C(=O)N2CC(F)(F)C[C@H]2Cn2cc(C(=O)N3CCCC3)nn2)nn1C. The summed E-state index contributed by atoms with van der Waals surface area (Å²) in [7, 11) is 1.69. The van der Waals surface area contributed by atoms with Gasteiger partial charge < -0.3 is 9.80 Å². The van der Waals surface area contributed by atoms with E-state index in [1.165, 1.54) is 15.6 Å². The summed E-state index contributed by atoms with van der Waals surface area (Å²) < 4.78 is 31.1. The largest absolute Gasteiger partial charge is 0.337 e. The lowest BCUT2D eigenvalue weighted by Crippen LogP contribution is -2.39. The first kappa shape index (κ1) is 19.5. The molecule has 9 nitrogen and oxygen atoms in total. The second kappa shape index (κ2) is 7.20. The van der Waals surface area contributed by atoms with E-state index in [1.54, 1.807) is 24.9 Å². The number of hydrogen-bond acceptors (Lipinski definition) is 5. The third-order valence-electron chi connectivity index (χ3n) is 5.52. The Morgan fingerprint density at radius 2 is 1.93 bits per heavy atom. The number of rotatable bonds is 4. The van der Waals surface area contributed by atoms with Crippen molar-refractivity contribution in [1.29, 1.82) is 0 Å². The van der Waals surface area contributed by atoms with Crippen molar-refractivity contribution in [2.24, 2.45) is 7.05 Å². The van der Waals surface area contributed by atoms with E-state index in [0.29, 0.717) is 13.1 Å². The highest BCUT2D eigenvalue weighted by Crippen LogP contribution is 2.33. The molecule has 2 aromatic rings. The molecule has 4 rings (SSSR count). The van der Waals surface area contributed by atoms with Gasteiger partial charge in [0.05, 0.1) is 25.3 Å². The maximum Gasteiger partial charge on any atom is 0.276 e. The summed E-state index contributed by atoms with van der Waals surface area (Å²) in [6.45, 7) is 2.53. The Kier molecular flexibility index (Phi) is 4.83. The van der Waals surface area contributed by atoms with Crippen molar-refractivity contribution in [2.75, 3.05) is 19.6 Å². The van der Waals surface area contributed by atoms with E-state index in [1.807, 2.05) is 0 Å². The summed E-state index contributed by atoms with van der Waals surface area (Å²) in [6, 6.07) is 0.814. The molecule has 0 unspecified atom stereocenters. The Labute approximate surface area is 166 Å². The van der Waals surface area contributed by atoms with Gasteiger partial charge in [0.15, 0.2) is 11.4 Å². The van der Waals surface area contributed by atoms with Crippen LogP contribution in [0.2, 0.25) is 0 Å². The highest BCUT2D eigenvalue weighted by atomic mass is 19.3. The van der Waals surface area contributed by atoms with Crippen molar-refractivity contribution in [3.05, 3.63) is 29.3 Å². The number of carbonyl (C=O) groups excluding carboxylic acids is 2. The van der Waals surface area contributed by atoms with Crippen LogP contribution in [0.1, 0.15) is 45.9 Å². The normalized spacial score (nSPS) is 21.2. The molecule has 0 N–H and O–H groups in total. The molecule has 0 spiro atoms. The summed E-state index contributed by atoms with van der Waals surface area (Å²) in [5.74, 6) is -3.73. The highest BCUT2D eigenvalue weighted by Gasteiger charge is 2.47. The van der Waals surface area contributed by atoms with E-state index < -0.39 is 30.8 Å². The van der Waals surface area contributed by atoms with Gasteiger partial charge >= 0.3 is 0 Å². The summed E-state index contributed by atoms with van der Waals surface area (Å²) in [5, 5.41) is 11.9. The van der Waals surface area contributed by atoms with Crippen LogP contribution >= 0.6 is 0 Å². The Bertz CT molecular complexity index is 913. The number of aromatic nitrogens is 5. The maximum atomic E-state index is 14.1. The van der Waals surface area contributed by atoms with E-state index in [9.17, 15) is 18.4 Å². The van der Waals surface area contributed by atoms with Crippen LogP contribution in [0, 0.1) is 6.92 Å². The number of halogens is 2. The number of amides is 2. The van der Waals surface area contributed by atoms with Gasteiger partial charge in [0.25, 0.3) is 17.7 Å². The van der Waals surface area contributed by atoms with Gasteiger partial charge in [-0.15, -0.1) is 5.10 Å². The molecule has 0 bridgehead atoms. The van der Waals surface area contributed by atoms with Gasteiger partial charge in [0, 0.05) is 32.3 Å². The molecule has 2 amide bonds. The van der Waals surface area contributed by atoms with Crippen molar-refractivity contribution in [1.82, 2.24) is 34.6 Å². The third kappa shape index (κ3) is 3.85. The van der Waals surface area contributed by atoms with Crippen molar-refractivity contribution in [2.45, 2.75) is 44.7 Å². The molecule has 0 saturated carbocycles. The number of aryl methyl sites for hydroxylation is 2. The molecule has 2 aromatic heterocycles. The number of carbonyl (C=O) groups is 2.